The maximum absolute atomic E-state index is 15.3. The summed E-state index contributed by atoms with van der Waals surface area (Å²) in [6, 6.07) is 10.1. The third-order valence-electron chi connectivity index (χ3n) is 8.45. The van der Waals surface area contributed by atoms with Crippen LogP contribution in [0.2, 0.25) is 0 Å². The van der Waals surface area contributed by atoms with E-state index < -0.39 is 32.2 Å². The van der Waals surface area contributed by atoms with Gasteiger partial charge in [0, 0.05) is 44.0 Å². The van der Waals surface area contributed by atoms with Gasteiger partial charge in [0.1, 0.15) is 28.8 Å². The van der Waals surface area contributed by atoms with E-state index in [4.69, 9.17) is 10.8 Å². The maximum atomic E-state index is 15.3. The van der Waals surface area contributed by atoms with Crippen LogP contribution in [0, 0.1) is 5.82 Å². The van der Waals surface area contributed by atoms with Crippen molar-refractivity contribution in [2.75, 3.05) is 43.7 Å². The predicted octanol–water partition coefficient (Wildman–Crippen LogP) is 3.76. The predicted molar refractivity (Wildman–Crippen MR) is 158 cm³/mol. The lowest BCUT2D eigenvalue weighted by Gasteiger charge is -2.41. The first-order valence-corrected chi connectivity index (χ1v) is 15.5. The molecule has 13 heteroatoms. The van der Waals surface area contributed by atoms with Gasteiger partial charge < -0.3 is 20.8 Å². The average Bonchev–Trinajstić information content (AvgIpc) is 3.35. The van der Waals surface area contributed by atoms with Crippen LogP contribution in [-0.2, 0) is 10.0 Å². The summed E-state index contributed by atoms with van der Waals surface area (Å²) in [5, 5.41) is 25.5. The number of nitrogens with one attached hydrogen (secondary N) is 1. The van der Waals surface area contributed by atoms with E-state index in [2.05, 4.69) is 26.6 Å². The van der Waals surface area contributed by atoms with Gasteiger partial charge >= 0.3 is 0 Å². The normalized spacial score (nSPS) is 20.6. The first-order chi connectivity index (χ1) is 20.1. The quantitative estimate of drug-likeness (QED) is 0.261. The highest BCUT2D eigenvalue weighted by molar-refractivity contribution is 7.93. The van der Waals surface area contributed by atoms with E-state index >= 15 is 4.39 Å². The number of benzene rings is 2. The number of phenolic OH excluding ortho intramolecular Hbond substituents is 2. The molecule has 0 atom stereocenters. The molecule has 0 spiro atoms. The number of aromatic nitrogens is 3. The summed E-state index contributed by atoms with van der Waals surface area (Å²) < 4.78 is 45.1. The molecule has 0 amide bonds. The number of likely N-dealkylation sites (N-methyl/N-ethyl adjacent to an activating group) is 1. The number of pyridine rings is 1. The van der Waals surface area contributed by atoms with Crippen molar-refractivity contribution in [1.82, 2.24) is 24.6 Å². The number of nitrogens with two attached hydrogens (primary N) is 1. The van der Waals surface area contributed by atoms with E-state index in [-0.39, 0.29) is 17.5 Å². The summed E-state index contributed by atoms with van der Waals surface area (Å²) >= 11 is 0. The van der Waals surface area contributed by atoms with Crippen LogP contribution in [0.4, 0.5) is 15.9 Å². The molecule has 42 heavy (non-hydrogen) atoms. The second-order valence-corrected chi connectivity index (χ2v) is 12.7. The van der Waals surface area contributed by atoms with Crippen molar-refractivity contribution in [1.29, 1.82) is 0 Å². The molecule has 222 valence electrons. The summed E-state index contributed by atoms with van der Waals surface area (Å²) in [5.74, 6) is -1.89. The molecule has 1 saturated heterocycles. The summed E-state index contributed by atoms with van der Waals surface area (Å²) in [6.07, 6.45) is 5.71. The van der Waals surface area contributed by atoms with Gasteiger partial charge in [0.2, 0.25) is 0 Å². The fourth-order valence-corrected chi connectivity index (χ4v) is 7.42. The SMILES string of the molecule is CN1CCN(C2CCC(n3nc(-c4ccc(NS(=O)(=O)c5c(O)cccc5O)c(F)c4)c4c(N)nccc43)CC2)CC1. The molecular weight excluding hydrogens is 561 g/mol. The largest absolute Gasteiger partial charge is 0.506 e. The Hall–Kier alpha value is -3.94. The van der Waals surface area contributed by atoms with Crippen molar-refractivity contribution in [3.63, 3.8) is 0 Å². The number of hydrogen-bond acceptors (Lipinski definition) is 9. The number of nitrogens with zero attached hydrogens (tertiary/aromatic N) is 5. The number of nitrogen functional groups attached to an aromatic ring is 1. The van der Waals surface area contributed by atoms with Crippen molar-refractivity contribution < 1.29 is 23.0 Å². The fourth-order valence-electron chi connectivity index (χ4n) is 6.18. The van der Waals surface area contributed by atoms with Crippen LogP contribution in [0.3, 0.4) is 0 Å². The van der Waals surface area contributed by atoms with Crippen LogP contribution in [0.15, 0.2) is 53.6 Å². The molecule has 2 aromatic heterocycles. The Bertz CT molecular complexity index is 1710. The van der Waals surface area contributed by atoms with Crippen LogP contribution in [0.1, 0.15) is 31.7 Å². The smallest absolute Gasteiger partial charge is 0.269 e. The molecule has 5 N–H and O–H groups in total. The van der Waals surface area contributed by atoms with E-state index in [9.17, 15) is 18.6 Å². The molecule has 2 aliphatic rings. The number of phenols is 2. The monoisotopic (exact) mass is 595 g/mol. The Morgan fingerprint density at radius 3 is 2.31 bits per heavy atom. The van der Waals surface area contributed by atoms with Gasteiger partial charge in [-0.15, -0.1) is 0 Å². The summed E-state index contributed by atoms with van der Waals surface area (Å²) in [7, 11) is -2.33. The Morgan fingerprint density at radius 2 is 1.64 bits per heavy atom. The van der Waals surface area contributed by atoms with Gasteiger partial charge in [-0.2, -0.15) is 5.10 Å². The third kappa shape index (κ3) is 5.23. The van der Waals surface area contributed by atoms with E-state index in [0.717, 1.165) is 69.5 Å². The summed E-state index contributed by atoms with van der Waals surface area (Å²) in [4.78, 5) is 8.48. The molecule has 0 radical (unpaired) electrons. The van der Waals surface area contributed by atoms with E-state index in [1.165, 1.54) is 18.2 Å². The molecule has 2 aromatic carbocycles. The molecule has 0 unspecified atom stereocenters. The van der Waals surface area contributed by atoms with Crippen LogP contribution in [0.25, 0.3) is 22.2 Å². The van der Waals surface area contributed by atoms with Crippen molar-refractivity contribution >= 4 is 32.4 Å². The van der Waals surface area contributed by atoms with Gasteiger partial charge in [-0.25, -0.2) is 17.8 Å². The fraction of sp³-hybridized carbons (Fsp3) is 0.379. The zero-order valence-electron chi connectivity index (χ0n) is 23.2. The van der Waals surface area contributed by atoms with Crippen LogP contribution in [-0.4, -0.2) is 82.5 Å². The third-order valence-corrected chi connectivity index (χ3v) is 9.89. The Balaban J connectivity index is 1.27. The van der Waals surface area contributed by atoms with Gasteiger partial charge in [0.15, 0.2) is 4.90 Å². The standard InChI is InChI=1S/C29H34FN7O4S/c1-35-13-15-36(16-14-35)19-6-8-20(9-7-19)37-23-11-12-32-29(31)26(23)27(33-37)18-5-10-22(21(30)17-18)34-42(40,41)28-24(38)3-2-4-25(28)39/h2-5,10-12,17,19-20,34,38-39H,6-9,13-16H2,1H3,(H2,31,32). The summed E-state index contributed by atoms with van der Waals surface area (Å²) in [6.45, 7) is 4.36. The number of sulfonamides is 1. The zero-order valence-corrected chi connectivity index (χ0v) is 24.1. The lowest BCUT2D eigenvalue weighted by Crippen LogP contribution is -2.49. The lowest BCUT2D eigenvalue weighted by atomic mass is 9.89. The number of hydrogen-bond donors (Lipinski definition) is 4. The Kier molecular flexibility index (Phi) is 7.41. The molecule has 11 nitrogen and oxygen atoms in total. The average molecular weight is 596 g/mol. The Labute approximate surface area is 243 Å². The van der Waals surface area contributed by atoms with Crippen LogP contribution in [0.5, 0.6) is 11.5 Å². The molecule has 1 aliphatic carbocycles. The highest BCUT2D eigenvalue weighted by Crippen LogP contribution is 2.39. The van der Waals surface area contributed by atoms with Crippen LogP contribution >= 0.6 is 0 Å². The zero-order chi connectivity index (χ0) is 29.6. The van der Waals surface area contributed by atoms with Crippen molar-refractivity contribution in [2.24, 2.45) is 0 Å². The molecule has 1 saturated carbocycles. The molecule has 4 aromatic rings. The molecule has 1 aliphatic heterocycles. The number of aromatic hydroxyl groups is 2. The molecule has 3 heterocycles. The Morgan fingerprint density at radius 1 is 0.976 bits per heavy atom. The van der Waals surface area contributed by atoms with Gasteiger partial charge in [-0.1, -0.05) is 12.1 Å². The van der Waals surface area contributed by atoms with Crippen molar-refractivity contribution in [2.45, 2.75) is 42.7 Å². The second kappa shape index (κ2) is 11.0. The minimum absolute atomic E-state index is 0.161. The summed E-state index contributed by atoms with van der Waals surface area (Å²) in [5.41, 5.74) is 7.65. The van der Waals surface area contributed by atoms with E-state index in [1.807, 2.05) is 10.7 Å². The number of halogens is 1. The van der Waals surface area contributed by atoms with Gasteiger partial charge in [-0.3, -0.25) is 14.3 Å². The van der Waals surface area contributed by atoms with Crippen molar-refractivity contribution in [3.8, 4) is 22.8 Å². The van der Waals surface area contributed by atoms with Crippen LogP contribution < -0.4 is 10.5 Å². The molecule has 2 fully saturated rings. The van der Waals surface area contributed by atoms with Crippen molar-refractivity contribution in [3.05, 3.63) is 54.5 Å². The maximum Gasteiger partial charge on any atom is 0.269 e. The van der Waals surface area contributed by atoms with E-state index in [0.29, 0.717) is 22.7 Å². The highest BCUT2D eigenvalue weighted by Gasteiger charge is 2.31. The first-order valence-electron chi connectivity index (χ1n) is 14.0. The first kappa shape index (κ1) is 28.2. The number of anilines is 2. The highest BCUT2D eigenvalue weighted by atomic mass is 32.2. The lowest BCUT2D eigenvalue weighted by molar-refractivity contribution is 0.0816. The molecule has 6 rings (SSSR count). The minimum atomic E-state index is -4.49. The number of fused-ring (bicyclic) bond motifs is 1. The van der Waals surface area contributed by atoms with Gasteiger partial charge in [0.05, 0.1) is 22.6 Å². The molecule has 0 bridgehead atoms. The second-order valence-electron chi connectivity index (χ2n) is 11.1. The molecular formula is C29H34FN7O4S. The number of rotatable bonds is 6. The minimum Gasteiger partial charge on any atom is -0.506 e. The topological polar surface area (TPSA) is 150 Å². The van der Waals surface area contributed by atoms with Gasteiger partial charge in [0.25, 0.3) is 10.0 Å². The van der Waals surface area contributed by atoms with Gasteiger partial charge in [-0.05, 0) is 63.1 Å². The van der Waals surface area contributed by atoms with E-state index in [1.54, 1.807) is 12.3 Å². The number of piperazine rings is 1.